The second-order valence-corrected chi connectivity index (χ2v) is 6.75. The minimum Gasteiger partial charge on any atom is -0.448 e. The summed E-state index contributed by atoms with van der Waals surface area (Å²) in [4.78, 5) is 8.55. The van der Waals surface area contributed by atoms with Gasteiger partial charge in [-0.05, 0) is 36.6 Å². The first-order chi connectivity index (χ1) is 11.7. The fraction of sp³-hybridized carbons (Fsp3) is 0.125. The monoisotopic (exact) mass is 401 g/mol. The molecule has 0 spiro atoms. The lowest BCUT2D eigenvalue weighted by Crippen LogP contribution is -2.17. The van der Waals surface area contributed by atoms with Gasteiger partial charge in [-0.15, -0.1) is 10.2 Å². The maximum absolute atomic E-state index is 6.13. The zero-order valence-corrected chi connectivity index (χ0v) is 15.0. The molecule has 1 N–H and O–H groups in total. The number of halogens is 1. The first kappa shape index (κ1) is 15.3. The number of aromatic nitrogens is 4. The van der Waals surface area contributed by atoms with Gasteiger partial charge in [0, 0.05) is 33.7 Å². The lowest BCUT2D eigenvalue weighted by Gasteiger charge is -2.19. The summed E-state index contributed by atoms with van der Waals surface area (Å²) in [5.74, 6) is 0.459. The summed E-state index contributed by atoms with van der Waals surface area (Å²) in [6, 6.07) is 9.75. The Labute approximate surface area is 151 Å². The standard InChI is InChI=1S/C16H12BrN5OS/c1-24-16-20-15-13(21-22-16)11-8-10(17)2-3-12(11)19-14(23-15)9-4-6-18-7-5-9/h2-8,14,19H,1H3/t14-/m0/s1. The molecule has 0 bridgehead atoms. The van der Waals surface area contributed by atoms with Crippen molar-refractivity contribution in [2.24, 2.45) is 0 Å². The van der Waals surface area contributed by atoms with Gasteiger partial charge in [-0.3, -0.25) is 4.98 Å². The summed E-state index contributed by atoms with van der Waals surface area (Å²) in [5.41, 5.74) is 3.37. The molecule has 24 heavy (non-hydrogen) atoms. The summed E-state index contributed by atoms with van der Waals surface area (Å²) < 4.78 is 7.08. The number of nitrogens with zero attached hydrogens (tertiary/aromatic N) is 4. The van der Waals surface area contributed by atoms with Crippen LogP contribution in [0.1, 0.15) is 11.8 Å². The van der Waals surface area contributed by atoms with Gasteiger partial charge < -0.3 is 10.1 Å². The van der Waals surface area contributed by atoms with E-state index in [1.54, 1.807) is 12.4 Å². The Balaban J connectivity index is 1.89. The van der Waals surface area contributed by atoms with E-state index in [1.165, 1.54) is 11.8 Å². The number of hydrogen-bond acceptors (Lipinski definition) is 7. The van der Waals surface area contributed by atoms with E-state index < -0.39 is 0 Å². The predicted octanol–water partition coefficient (Wildman–Crippen LogP) is 3.92. The summed E-state index contributed by atoms with van der Waals surface area (Å²) in [6.07, 6.45) is 4.99. The Kier molecular flexibility index (Phi) is 4.07. The van der Waals surface area contributed by atoms with Crippen molar-refractivity contribution >= 4 is 33.4 Å². The first-order valence-electron chi connectivity index (χ1n) is 7.16. The third-order valence-corrected chi connectivity index (χ3v) is 4.61. The zero-order chi connectivity index (χ0) is 16.5. The van der Waals surface area contributed by atoms with Crippen LogP contribution in [0.4, 0.5) is 5.69 Å². The maximum atomic E-state index is 6.13. The number of fused-ring (bicyclic) bond motifs is 3. The molecule has 1 atom stereocenters. The predicted molar refractivity (Wildman–Crippen MR) is 96.0 cm³/mol. The van der Waals surface area contributed by atoms with Gasteiger partial charge in [0.25, 0.3) is 0 Å². The second kappa shape index (κ2) is 6.37. The molecule has 0 aliphatic carbocycles. The zero-order valence-electron chi connectivity index (χ0n) is 12.6. The van der Waals surface area contributed by atoms with Crippen molar-refractivity contribution in [3.8, 4) is 17.1 Å². The molecule has 3 heterocycles. The van der Waals surface area contributed by atoms with Crippen LogP contribution in [0.25, 0.3) is 11.3 Å². The molecule has 0 radical (unpaired) electrons. The van der Waals surface area contributed by atoms with Gasteiger partial charge in [0.1, 0.15) is 0 Å². The van der Waals surface area contributed by atoms with Gasteiger partial charge in [-0.25, -0.2) is 0 Å². The van der Waals surface area contributed by atoms with Crippen molar-refractivity contribution in [2.45, 2.75) is 11.4 Å². The Bertz CT molecular complexity index is 893. The molecule has 0 saturated heterocycles. The van der Waals surface area contributed by atoms with Crippen LogP contribution in [0.15, 0.2) is 52.4 Å². The average molecular weight is 402 g/mol. The Morgan fingerprint density at radius 1 is 1.17 bits per heavy atom. The molecule has 1 aliphatic heterocycles. The highest BCUT2D eigenvalue weighted by Gasteiger charge is 2.26. The molecule has 2 aromatic heterocycles. The first-order valence-corrected chi connectivity index (χ1v) is 9.18. The van der Waals surface area contributed by atoms with Gasteiger partial charge in [-0.2, -0.15) is 4.98 Å². The highest BCUT2D eigenvalue weighted by Crippen LogP contribution is 2.40. The van der Waals surface area contributed by atoms with Crippen molar-refractivity contribution in [1.82, 2.24) is 20.2 Å². The third-order valence-electron chi connectivity index (χ3n) is 3.58. The van der Waals surface area contributed by atoms with E-state index in [1.807, 2.05) is 36.6 Å². The molecular weight excluding hydrogens is 390 g/mol. The summed E-state index contributed by atoms with van der Waals surface area (Å²) in [6.45, 7) is 0. The van der Waals surface area contributed by atoms with Gasteiger partial charge in [0.05, 0.1) is 0 Å². The number of benzene rings is 1. The molecule has 0 amide bonds. The minimum absolute atomic E-state index is 0.388. The molecule has 0 fully saturated rings. The minimum atomic E-state index is -0.388. The molecular formula is C16H12BrN5OS. The number of anilines is 1. The van der Waals surface area contributed by atoms with Gasteiger partial charge >= 0.3 is 0 Å². The van der Waals surface area contributed by atoms with Gasteiger partial charge in [-0.1, -0.05) is 27.7 Å². The number of rotatable bonds is 2. The van der Waals surface area contributed by atoms with Crippen molar-refractivity contribution in [1.29, 1.82) is 0 Å². The Hall–Kier alpha value is -2.19. The molecule has 6 nitrogen and oxygen atoms in total. The van der Waals surface area contributed by atoms with E-state index in [2.05, 4.69) is 41.4 Å². The molecule has 1 aromatic carbocycles. The largest absolute Gasteiger partial charge is 0.448 e. The number of hydrogen-bond donors (Lipinski definition) is 1. The van der Waals surface area contributed by atoms with Crippen LogP contribution in [0, 0.1) is 0 Å². The SMILES string of the molecule is CSc1nnc2c(n1)O[C@@H](c1ccncc1)Nc1ccc(Br)cc1-2. The van der Waals surface area contributed by atoms with Crippen molar-refractivity contribution in [3.63, 3.8) is 0 Å². The van der Waals surface area contributed by atoms with Crippen molar-refractivity contribution < 1.29 is 4.74 Å². The lowest BCUT2D eigenvalue weighted by molar-refractivity contribution is 0.225. The van der Waals surface area contributed by atoms with Crippen LogP contribution < -0.4 is 10.1 Å². The van der Waals surface area contributed by atoms with E-state index in [0.717, 1.165) is 21.3 Å². The maximum Gasteiger partial charge on any atom is 0.247 e. The summed E-state index contributed by atoms with van der Waals surface area (Å²) >= 11 is 4.93. The number of nitrogens with one attached hydrogen (secondary N) is 1. The number of pyridine rings is 1. The molecule has 0 unspecified atom stereocenters. The van der Waals surface area contributed by atoms with Crippen LogP contribution in [0.3, 0.4) is 0 Å². The topological polar surface area (TPSA) is 72.8 Å². The van der Waals surface area contributed by atoms with Crippen molar-refractivity contribution in [3.05, 3.63) is 52.8 Å². The van der Waals surface area contributed by atoms with E-state index in [0.29, 0.717) is 16.7 Å². The summed E-state index contributed by atoms with van der Waals surface area (Å²) in [5, 5.41) is 12.4. The van der Waals surface area contributed by atoms with Crippen molar-refractivity contribution in [2.75, 3.05) is 11.6 Å². The third kappa shape index (κ3) is 2.83. The van der Waals surface area contributed by atoms with Gasteiger partial charge in [0.15, 0.2) is 11.9 Å². The Morgan fingerprint density at radius 2 is 2.00 bits per heavy atom. The smallest absolute Gasteiger partial charge is 0.247 e. The highest BCUT2D eigenvalue weighted by molar-refractivity contribution is 9.10. The van der Waals surface area contributed by atoms with Crippen LogP contribution in [-0.4, -0.2) is 26.4 Å². The quantitative estimate of drug-likeness (QED) is 0.652. The van der Waals surface area contributed by atoms with E-state index in [-0.39, 0.29) is 6.23 Å². The van der Waals surface area contributed by atoms with Crippen LogP contribution >= 0.6 is 27.7 Å². The van der Waals surface area contributed by atoms with Crippen LogP contribution in [0.5, 0.6) is 5.88 Å². The number of thioether (sulfide) groups is 1. The molecule has 3 aromatic rings. The Morgan fingerprint density at radius 3 is 2.79 bits per heavy atom. The highest BCUT2D eigenvalue weighted by atomic mass is 79.9. The molecule has 4 rings (SSSR count). The molecule has 120 valence electrons. The molecule has 8 heteroatoms. The van der Waals surface area contributed by atoms with Crippen LogP contribution in [0.2, 0.25) is 0 Å². The fourth-order valence-electron chi connectivity index (χ4n) is 2.45. The van der Waals surface area contributed by atoms with Gasteiger partial charge in [0.2, 0.25) is 11.0 Å². The lowest BCUT2D eigenvalue weighted by atomic mass is 10.1. The number of ether oxygens (including phenoxy) is 1. The molecule has 1 aliphatic rings. The summed E-state index contributed by atoms with van der Waals surface area (Å²) in [7, 11) is 0. The molecule has 0 saturated carbocycles. The van der Waals surface area contributed by atoms with E-state index in [4.69, 9.17) is 4.74 Å². The van der Waals surface area contributed by atoms with E-state index in [9.17, 15) is 0 Å². The average Bonchev–Trinajstić information content (AvgIpc) is 2.78. The second-order valence-electron chi connectivity index (χ2n) is 5.06. The van der Waals surface area contributed by atoms with E-state index >= 15 is 0 Å². The normalized spacial score (nSPS) is 15.5. The fourth-order valence-corrected chi connectivity index (χ4v) is 3.10. The van der Waals surface area contributed by atoms with Crippen LogP contribution in [-0.2, 0) is 0 Å².